The van der Waals surface area contributed by atoms with Crippen molar-refractivity contribution < 1.29 is 0 Å². The molecule has 0 amide bonds. The third-order valence-corrected chi connectivity index (χ3v) is 7.77. The van der Waals surface area contributed by atoms with E-state index in [1.54, 1.807) is 0 Å². The third kappa shape index (κ3) is 7.46. The summed E-state index contributed by atoms with van der Waals surface area (Å²) < 4.78 is 2.57. The summed E-state index contributed by atoms with van der Waals surface area (Å²) in [6.45, 7) is 13.4. The van der Waals surface area contributed by atoms with Crippen molar-refractivity contribution in [2.45, 2.75) is 51.6 Å². The van der Waals surface area contributed by atoms with E-state index >= 15 is 0 Å². The summed E-state index contributed by atoms with van der Waals surface area (Å²) in [7, 11) is 0.988. The topological polar surface area (TPSA) is 3.24 Å². The van der Waals surface area contributed by atoms with Gasteiger partial charge in [-0.1, -0.05) is 45.6 Å². The van der Waals surface area contributed by atoms with E-state index in [0.29, 0.717) is 0 Å². The average Bonchev–Trinajstić information content (AvgIpc) is 2.00. The second kappa shape index (κ2) is 5.99. The highest BCUT2D eigenvalue weighted by molar-refractivity contribution is 6.76. The average molecular weight is 218 g/mol. The maximum atomic E-state index is 2.57. The lowest BCUT2D eigenvalue weighted by Crippen LogP contribution is -2.33. The minimum Gasteiger partial charge on any atom is -0.329 e. The van der Waals surface area contributed by atoms with Gasteiger partial charge in [0.2, 0.25) is 0 Å². The molecule has 0 fully saturated rings. The maximum absolute atomic E-state index is 2.57. The summed E-state index contributed by atoms with van der Waals surface area (Å²) in [5, 5.41) is 0. The minimum absolute atomic E-state index is 0.530. The van der Waals surface area contributed by atoms with Crippen LogP contribution in [0, 0.1) is 0 Å². The largest absolute Gasteiger partial charge is 0.329 e. The van der Waals surface area contributed by atoms with Crippen LogP contribution in [0.15, 0.2) is 0 Å². The van der Waals surface area contributed by atoms with Crippen LogP contribution in [-0.2, 0) is 0 Å². The van der Waals surface area contributed by atoms with Gasteiger partial charge in [0.15, 0.2) is 0 Å². The van der Waals surface area contributed by atoms with Gasteiger partial charge in [0.1, 0.15) is 8.96 Å². The first-order valence-electron chi connectivity index (χ1n) is 5.57. The molecular weight excluding hydrogens is 190 g/mol. The minimum atomic E-state index is -0.765. The summed E-state index contributed by atoms with van der Waals surface area (Å²) in [5.41, 5.74) is 0. The molecule has 0 aromatic heterocycles. The van der Waals surface area contributed by atoms with Crippen LogP contribution >= 0.6 is 0 Å². The highest BCUT2D eigenvalue weighted by Gasteiger charge is 2.14. The van der Waals surface area contributed by atoms with Crippen LogP contribution in [0.5, 0.6) is 0 Å². The van der Waals surface area contributed by atoms with Crippen molar-refractivity contribution >= 4 is 17.0 Å². The Morgan fingerprint density at radius 3 is 2.15 bits per heavy atom. The molecule has 80 valence electrons. The quantitative estimate of drug-likeness (QED) is 0.618. The molecule has 1 unspecified atom stereocenters. The third-order valence-electron chi connectivity index (χ3n) is 2.80. The van der Waals surface area contributed by atoms with Gasteiger partial charge >= 0.3 is 0 Å². The van der Waals surface area contributed by atoms with E-state index in [9.17, 15) is 0 Å². The second-order valence-electron chi connectivity index (χ2n) is 5.38. The summed E-state index contributed by atoms with van der Waals surface area (Å²) in [6.07, 6.45) is 1.48. The molecule has 0 aromatic carbocycles. The Kier molecular flexibility index (Phi) is 6.17. The van der Waals surface area contributed by atoms with E-state index in [1.807, 2.05) is 0 Å². The van der Waals surface area contributed by atoms with Gasteiger partial charge in [-0.15, -0.1) is 0 Å². The molecule has 13 heavy (non-hydrogen) atoms. The van der Waals surface area contributed by atoms with Gasteiger partial charge in [-0.05, 0) is 19.6 Å². The summed E-state index contributed by atoms with van der Waals surface area (Å²) in [5.74, 6) is 0. The molecule has 0 bridgehead atoms. The molecular formula is C10H27NSi2. The molecule has 1 nitrogen and oxygen atoms in total. The smallest absolute Gasteiger partial charge is 0.108 e. The Morgan fingerprint density at radius 2 is 1.77 bits per heavy atom. The van der Waals surface area contributed by atoms with E-state index in [0.717, 1.165) is 0 Å². The number of nitrogens with zero attached hydrogens (tertiary/aromatic N) is 1. The molecule has 0 saturated carbocycles. The van der Waals surface area contributed by atoms with Gasteiger partial charge in [0.05, 0.1) is 0 Å². The number of rotatable bonds is 6. The lowest BCUT2D eigenvalue weighted by molar-refractivity contribution is 0.549. The number of hydrogen-bond donors (Lipinski definition) is 0. The van der Waals surface area contributed by atoms with E-state index in [-0.39, 0.29) is 0 Å². The standard InChI is InChI=1S/C10H27NSi2/c1-7-11(2)12(3)9-8-10-13(4,5)6/h12H,7-10H2,1-6H3. The molecule has 0 aromatic rings. The Hall–Kier alpha value is 0.394. The zero-order chi connectivity index (χ0) is 10.5. The van der Waals surface area contributed by atoms with Gasteiger partial charge in [0.25, 0.3) is 0 Å². The second-order valence-corrected chi connectivity index (χ2v) is 14.2. The number of hydrogen-bond acceptors (Lipinski definition) is 1. The van der Waals surface area contributed by atoms with Crippen molar-refractivity contribution in [3.63, 3.8) is 0 Å². The van der Waals surface area contributed by atoms with Gasteiger partial charge in [-0.3, -0.25) is 0 Å². The van der Waals surface area contributed by atoms with Crippen molar-refractivity contribution in [1.82, 2.24) is 4.57 Å². The van der Waals surface area contributed by atoms with Crippen LogP contribution in [0.2, 0.25) is 38.3 Å². The van der Waals surface area contributed by atoms with Gasteiger partial charge in [-0.2, -0.15) is 0 Å². The van der Waals surface area contributed by atoms with Crippen LogP contribution in [0.4, 0.5) is 0 Å². The summed E-state index contributed by atoms with van der Waals surface area (Å²) in [4.78, 5) is 0. The zero-order valence-electron chi connectivity index (χ0n) is 10.4. The van der Waals surface area contributed by atoms with Crippen molar-refractivity contribution in [3.8, 4) is 0 Å². The molecule has 0 aliphatic heterocycles. The van der Waals surface area contributed by atoms with Crippen molar-refractivity contribution in [2.75, 3.05) is 13.6 Å². The molecule has 1 atom stereocenters. The van der Waals surface area contributed by atoms with Crippen LogP contribution in [-0.4, -0.2) is 35.2 Å². The van der Waals surface area contributed by atoms with E-state index < -0.39 is 17.0 Å². The van der Waals surface area contributed by atoms with Gasteiger partial charge < -0.3 is 4.57 Å². The lowest BCUT2D eigenvalue weighted by atomic mass is 10.6. The Bertz CT molecular complexity index is 131. The first kappa shape index (κ1) is 13.4. The summed E-state index contributed by atoms with van der Waals surface area (Å²) in [6, 6.07) is 3.02. The van der Waals surface area contributed by atoms with Crippen molar-refractivity contribution in [3.05, 3.63) is 0 Å². The highest BCUT2D eigenvalue weighted by Crippen LogP contribution is 2.14. The van der Waals surface area contributed by atoms with Gasteiger partial charge in [-0.25, -0.2) is 0 Å². The van der Waals surface area contributed by atoms with E-state index in [4.69, 9.17) is 0 Å². The predicted molar refractivity (Wildman–Crippen MR) is 68.9 cm³/mol. The summed E-state index contributed by atoms with van der Waals surface area (Å²) >= 11 is 0. The Balaban J connectivity index is 3.53. The molecule has 0 spiro atoms. The van der Waals surface area contributed by atoms with Crippen molar-refractivity contribution in [2.24, 2.45) is 0 Å². The van der Waals surface area contributed by atoms with Crippen LogP contribution < -0.4 is 0 Å². The van der Waals surface area contributed by atoms with E-state index in [2.05, 4.69) is 44.7 Å². The van der Waals surface area contributed by atoms with Crippen molar-refractivity contribution in [1.29, 1.82) is 0 Å². The molecule has 0 radical (unpaired) electrons. The van der Waals surface area contributed by atoms with Crippen LogP contribution in [0.3, 0.4) is 0 Å². The molecule has 0 heterocycles. The Labute approximate surface area is 87.2 Å². The zero-order valence-corrected chi connectivity index (χ0v) is 12.5. The maximum Gasteiger partial charge on any atom is 0.108 e. The van der Waals surface area contributed by atoms with Gasteiger partial charge in [0, 0.05) is 8.07 Å². The fourth-order valence-corrected chi connectivity index (χ4v) is 4.99. The monoisotopic (exact) mass is 217 g/mol. The normalized spacial score (nSPS) is 15.0. The van der Waals surface area contributed by atoms with Crippen LogP contribution in [0.1, 0.15) is 13.3 Å². The predicted octanol–water partition coefficient (Wildman–Crippen LogP) is 3.02. The van der Waals surface area contributed by atoms with E-state index in [1.165, 1.54) is 25.1 Å². The molecule has 0 N–H and O–H groups in total. The molecule has 0 saturated heterocycles. The fraction of sp³-hybridized carbons (Fsp3) is 1.00. The molecule has 0 rings (SSSR count). The fourth-order valence-electron chi connectivity index (χ4n) is 1.46. The molecule has 0 aliphatic carbocycles. The molecule has 0 aliphatic rings. The first-order valence-corrected chi connectivity index (χ1v) is 11.8. The SMILES string of the molecule is CCN(C)[SiH](C)CCC[Si](C)(C)C. The van der Waals surface area contributed by atoms with Crippen LogP contribution in [0.25, 0.3) is 0 Å². The molecule has 3 heteroatoms. The highest BCUT2D eigenvalue weighted by atomic mass is 28.3. The first-order chi connectivity index (χ1) is 5.87. The lowest BCUT2D eigenvalue weighted by Gasteiger charge is -2.23. The Morgan fingerprint density at radius 1 is 1.23 bits per heavy atom.